The van der Waals surface area contributed by atoms with Crippen LogP contribution in [0.4, 0.5) is 11.4 Å². The molecule has 0 bridgehead atoms. The van der Waals surface area contributed by atoms with Crippen LogP contribution < -0.4 is 10.2 Å². The molecule has 1 saturated heterocycles. The van der Waals surface area contributed by atoms with Gasteiger partial charge in [-0.1, -0.05) is 12.1 Å². The summed E-state index contributed by atoms with van der Waals surface area (Å²) in [5.74, 6) is 0.122. The van der Waals surface area contributed by atoms with Crippen LogP contribution in [-0.4, -0.2) is 36.3 Å². The Kier molecular flexibility index (Phi) is 5.41. The number of hydrogen-bond acceptors (Lipinski definition) is 5. The van der Waals surface area contributed by atoms with Gasteiger partial charge in [0.15, 0.2) is 0 Å². The summed E-state index contributed by atoms with van der Waals surface area (Å²) in [6, 6.07) is 14.2. The molecule has 2 amide bonds. The number of carbonyl (C=O) groups excluding carboxylic acids is 2. The number of amides is 2. The maximum atomic E-state index is 12.9. The lowest BCUT2D eigenvalue weighted by Crippen LogP contribution is -2.40. The average molecular weight is 438 g/mol. The maximum absolute atomic E-state index is 12.9. The molecule has 0 radical (unpaired) electrons. The van der Waals surface area contributed by atoms with Crippen molar-refractivity contribution in [1.29, 1.82) is 0 Å². The van der Waals surface area contributed by atoms with E-state index in [0.29, 0.717) is 13.0 Å². The first-order chi connectivity index (χ1) is 14.7. The van der Waals surface area contributed by atoms with Crippen LogP contribution in [0.5, 0.6) is 0 Å². The molecule has 2 aliphatic rings. The van der Waals surface area contributed by atoms with Crippen molar-refractivity contribution in [3.63, 3.8) is 0 Å². The zero-order chi connectivity index (χ0) is 20.5. The normalized spacial score (nSPS) is 19.1. The Morgan fingerprint density at radius 1 is 1.07 bits per heavy atom. The van der Waals surface area contributed by atoms with E-state index in [1.807, 2.05) is 35.6 Å². The van der Waals surface area contributed by atoms with Crippen LogP contribution in [0.2, 0.25) is 0 Å². The Morgan fingerprint density at radius 2 is 2.00 bits per heavy atom. The fourth-order valence-electron chi connectivity index (χ4n) is 4.38. The van der Waals surface area contributed by atoms with Gasteiger partial charge in [-0.05, 0) is 59.5 Å². The van der Waals surface area contributed by atoms with Crippen molar-refractivity contribution in [2.75, 3.05) is 29.9 Å². The molecule has 4 heterocycles. The van der Waals surface area contributed by atoms with E-state index >= 15 is 0 Å². The fourth-order valence-corrected chi connectivity index (χ4v) is 6.16. The van der Waals surface area contributed by atoms with Crippen molar-refractivity contribution in [3.8, 4) is 0 Å². The predicted molar refractivity (Wildman–Crippen MR) is 122 cm³/mol. The molecular formula is C23H23N3O2S2. The smallest absolute Gasteiger partial charge is 0.238 e. The highest BCUT2D eigenvalue weighted by Crippen LogP contribution is 2.39. The number of nitrogens with zero attached hydrogens (tertiary/aromatic N) is 2. The minimum atomic E-state index is -0.0277. The van der Waals surface area contributed by atoms with Gasteiger partial charge in [-0.3, -0.25) is 14.5 Å². The number of thiophene rings is 2. The summed E-state index contributed by atoms with van der Waals surface area (Å²) < 4.78 is 0. The molecule has 1 aromatic carbocycles. The Labute approximate surface area is 183 Å². The van der Waals surface area contributed by atoms with Crippen LogP contribution in [-0.2, 0) is 16.0 Å². The number of carbonyl (C=O) groups is 2. The summed E-state index contributed by atoms with van der Waals surface area (Å²) in [6.45, 7) is 1.95. The van der Waals surface area contributed by atoms with E-state index in [-0.39, 0.29) is 17.9 Å². The molecule has 1 atom stereocenters. The lowest BCUT2D eigenvalue weighted by Gasteiger charge is -2.34. The summed E-state index contributed by atoms with van der Waals surface area (Å²) in [6.07, 6.45) is 2.47. The molecular weight excluding hydrogens is 414 g/mol. The van der Waals surface area contributed by atoms with Gasteiger partial charge in [-0.25, -0.2) is 0 Å². The summed E-state index contributed by atoms with van der Waals surface area (Å²) >= 11 is 3.55. The molecule has 1 unspecified atom stereocenters. The zero-order valence-corrected chi connectivity index (χ0v) is 18.2. The molecule has 30 heavy (non-hydrogen) atoms. The molecule has 3 aromatic rings. The second kappa shape index (κ2) is 8.34. The molecule has 0 spiro atoms. The van der Waals surface area contributed by atoms with Crippen LogP contribution in [0.15, 0.2) is 53.2 Å². The van der Waals surface area contributed by atoms with E-state index in [2.05, 4.69) is 39.2 Å². The molecule has 7 heteroatoms. The third kappa shape index (κ3) is 3.80. The Morgan fingerprint density at radius 3 is 2.80 bits per heavy atom. The highest BCUT2D eigenvalue weighted by molar-refractivity contribution is 7.10. The number of benzene rings is 1. The molecule has 0 aliphatic carbocycles. The monoisotopic (exact) mass is 437 g/mol. The maximum Gasteiger partial charge on any atom is 0.238 e. The highest BCUT2D eigenvalue weighted by atomic mass is 32.1. The van der Waals surface area contributed by atoms with E-state index in [9.17, 15) is 9.59 Å². The first-order valence-electron chi connectivity index (χ1n) is 10.2. The second-order valence-electron chi connectivity index (χ2n) is 7.68. The second-order valence-corrected chi connectivity index (χ2v) is 9.66. The minimum Gasteiger partial charge on any atom is -0.325 e. The number of nitrogens with one attached hydrogen (secondary N) is 1. The van der Waals surface area contributed by atoms with Gasteiger partial charge in [0.25, 0.3) is 0 Å². The first-order valence-corrected chi connectivity index (χ1v) is 12.0. The van der Waals surface area contributed by atoms with Crippen LogP contribution in [0.1, 0.15) is 34.2 Å². The summed E-state index contributed by atoms with van der Waals surface area (Å²) in [5, 5.41) is 7.29. The molecule has 5 rings (SSSR count). The van der Waals surface area contributed by atoms with E-state index < -0.39 is 0 Å². The van der Waals surface area contributed by atoms with Crippen molar-refractivity contribution in [2.24, 2.45) is 0 Å². The Balaban J connectivity index is 1.31. The molecule has 2 aliphatic heterocycles. The first kappa shape index (κ1) is 19.5. The van der Waals surface area contributed by atoms with Crippen molar-refractivity contribution < 1.29 is 9.59 Å². The summed E-state index contributed by atoms with van der Waals surface area (Å²) in [5.41, 5.74) is 2.92. The Bertz CT molecular complexity index is 1060. The van der Waals surface area contributed by atoms with Crippen molar-refractivity contribution >= 4 is 45.9 Å². The van der Waals surface area contributed by atoms with Crippen LogP contribution >= 0.6 is 22.7 Å². The predicted octanol–water partition coefficient (Wildman–Crippen LogP) is 4.52. The summed E-state index contributed by atoms with van der Waals surface area (Å²) in [4.78, 5) is 31.7. The minimum absolute atomic E-state index is 0.0277. The van der Waals surface area contributed by atoms with Crippen LogP contribution in [0.25, 0.3) is 0 Å². The Hall–Kier alpha value is -2.48. The van der Waals surface area contributed by atoms with Gasteiger partial charge in [0.2, 0.25) is 11.8 Å². The fraction of sp³-hybridized carbons (Fsp3) is 0.304. The third-order valence-corrected chi connectivity index (χ3v) is 7.66. The van der Waals surface area contributed by atoms with E-state index in [0.717, 1.165) is 37.3 Å². The lowest BCUT2D eigenvalue weighted by atomic mass is 9.98. The SMILES string of the molecule is O=C(CN1CCc2sccc2C1c1cccs1)Nc1cccc(N2CCCC2=O)c1. The average Bonchev–Trinajstić information content (AvgIpc) is 3.49. The van der Waals surface area contributed by atoms with Crippen LogP contribution in [0, 0.1) is 0 Å². The number of fused-ring (bicyclic) bond motifs is 1. The van der Waals surface area contributed by atoms with Gasteiger partial charge < -0.3 is 10.2 Å². The van der Waals surface area contributed by atoms with Crippen molar-refractivity contribution in [2.45, 2.75) is 25.3 Å². The number of rotatable bonds is 5. The molecule has 154 valence electrons. The van der Waals surface area contributed by atoms with Crippen molar-refractivity contribution in [3.05, 3.63) is 68.5 Å². The van der Waals surface area contributed by atoms with Gasteiger partial charge in [-0.15, -0.1) is 22.7 Å². The van der Waals surface area contributed by atoms with Gasteiger partial charge in [0, 0.05) is 40.6 Å². The van der Waals surface area contributed by atoms with Crippen molar-refractivity contribution in [1.82, 2.24) is 4.90 Å². The van der Waals surface area contributed by atoms with Gasteiger partial charge >= 0.3 is 0 Å². The van der Waals surface area contributed by atoms with E-state index in [4.69, 9.17) is 0 Å². The largest absolute Gasteiger partial charge is 0.325 e. The number of anilines is 2. The highest BCUT2D eigenvalue weighted by Gasteiger charge is 2.31. The van der Waals surface area contributed by atoms with Crippen LogP contribution in [0.3, 0.4) is 0 Å². The number of hydrogen-bond donors (Lipinski definition) is 1. The standard InChI is InChI=1S/C23H23N3O2S2/c27-21(24-16-4-1-5-17(14-16)26-10-2-7-22(26)28)15-25-11-8-19-18(9-13-30-19)23(25)20-6-3-12-29-20/h1,3-6,9,12-14,23H,2,7-8,10-11,15H2,(H,24,27). The van der Waals surface area contributed by atoms with Gasteiger partial charge in [-0.2, -0.15) is 0 Å². The van der Waals surface area contributed by atoms with Gasteiger partial charge in [0.05, 0.1) is 12.6 Å². The topological polar surface area (TPSA) is 52.7 Å². The quantitative estimate of drug-likeness (QED) is 0.638. The van der Waals surface area contributed by atoms with E-state index in [1.165, 1.54) is 15.3 Å². The van der Waals surface area contributed by atoms with E-state index in [1.54, 1.807) is 16.2 Å². The zero-order valence-electron chi connectivity index (χ0n) is 16.5. The third-order valence-electron chi connectivity index (χ3n) is 5.74. The summed E-state index contributed by atoms with van der Waals surface area (Å²) in [7, 11) is 0. The van der Waals surface area contributed by atoms with Gasteiger partial charge in [0.1, 0.15) is 0 Å². The molecule has 2 aromatic heterocycles. The molecule has 0 saturated carbocycles. The molecule has 1 N–H and O–H groups in total. The lowest BCUT2D eigenvalue weighted by molar-refractivity contribution is -0.118. The molecule has 5 nitrogen and oxygen atoms in total. The molecule has 1 fully saturated rings.